The Kier molecular flexibility index (Phi) is 5.93. The summed E-state index contributed by atoms with van der Waals surface area (Å²) in [6, 6.07) is 0. The van der Waals surface area contributed by atoms with Crippen molar-refractivity contribution in [3.05, 3.63) is 0 Å². The molecule has 0 aromatic carbocycles. The van der Waals surface area contributed by atoms with Crippen LogP contribution in [0, 0.1) is 5.41 Å². The van der Waals surface area contributed by atoms with Crippen LogP contribution in [-0.2, 0) is 9.47 Å². The minimum Gasteiger partial charge on any atom is -0.381 e. The molecule has 0 aliphatic carbocycles. The number of nitrogens with zero attached hydrogens (tertiary/aromatic N) is 1. The van der Waals surface area contributed by atoms with Crippen LogP contribution in [0.25, 0.3) is 0 Å². The van der Waals surface area contributed by atoms with E-state index in [4.69, 9.17) is 9.47 Å². The molecule has 4 heteroatoms. The molecule has 0 aromatic heterocycles. The van der Waals surface area contributed by atoms with Gasteiger partial charge in [0.1, 0.15) is 0 Å². The molecule has 1 unspecified atom stereocenters. The first-order valence-electron chi connectivity index (χ1n) is 7.18. The van der Waals surface area contributed by atoms with Gasteiger partial charge in [0.25, 0.3) is 0 Å². The maximum absolute atomic E-state index is 5.83. The molecule has 18 heavy (non-hydrogen) atoms. The number of ether oxygens (including phenoxy) is 2. The van der Waals surface area contributed by atoms with Gasteiger partial charge in [-0.05, 0) is 44.6 Å². The molecule has 0 saturated carbocycles. The largest absolute Gasteiger partial charge is 0.381 e. The van der Waals surface area contributed by atoms with Crippen LogP contribution in [0.15, 0.2) is 0 Å². The molecule has 2 saturated heterocycles. The lowest BCUT2D eigenvalue weighted by molar-refractivity contribution is -0.0215. The summed E-state index contributed by atoms with van der Waals surface area (Å²) in [6.45, 7) is 5.02. The van der Waals surface area contributed by atoms with Crippen LogP contribution in [0.1, 0.15) is 32.1 Å². The maximum atomic E-state index is 5.83. The average Bonchev–Trinajstić information content (AvgIpc) is 2.41. The van der Waals surface area contributed by atoms with E-state index in [-0.39, 0.29) is 0 Å². The predicted molar refractivity (Wildman–Crippen MR) is 77.4 cm³/mol. The summed E-state index contributed by atoms with van der Waals surface area (Å²) in [7, 11) is 2.23. The molecule has 3 nitrogen and oxygen atoms in total. The third-order valence-corrected chi connectivity index (χ3v) is 5.42. The van der Waals surface area contributed by atoms with Crippen LogP contribution < -0.4 is 0 Å². The van der Waals surface area contributed by atoms with E-state index in [1.165, 1.54) is 32.1 Å². The van der Waals surface area contributed by atoms with Gasteiger partial charge in [0.2, 0.25) is 0 Å². The van der Waals surface area contributed by atoms with Gasteiger partial charge in [-0.2, -0.15) is 0 Å². The van der Waals surface area contributed by atoms with E-state index in [1.807, 2.05) is 0 Å². The first-order chi connectivity index (χ1) is 8.74. The molecule has 0 amide bonds. The van der Waals surface area contributed by atoms with Crippen LogP contribution in [-0.4, -0.2) is 56.3 Å². The SMILES string of the molecule is CN(CC1CCCCO1)CC1(CBr)CCOCC1. The van der Waals surface area contributed by atoms with Crippen LogP contribution in [0.5, 0.6) is 0 Å². The predicted octanol–water partition coefficient (Wildman–Crippen LogP) is 2.68. The molecule has 1 atom stereocenters. The zero-order valence-electron chi connectivity index (χ0n) is 11.5. The van der Waals surface area contributed by atoms with E-state index in [0.717, 1.165) is 38.2 Å². The summed E-state index contributed by atoms with van der Waals surface area (Å²) in [6.07, 6.45) is 6.60. The van der Waals surface area contributed by atoms with E-state index in [2.05, 4.69) is 27.9 Å². The third-order valence-electron chi connectivity index (χ3n) is 4.23. The fourth-order valence-corrected chi connectivity index (χ4v) is 3.81. The minimum absolute atomic E-state index is 0.404. The highest BCUT2D eigenvalue weighted by Crippen LogP contribution is 2.33. The van der Waals surface area contributed by atoms with Gasteiger partial charge >= 0.3 is 0 Å². The molecular weight excluding hydrogens is 294 g/mol. The lowest BCUT2D eigenvalue weighted by Crippen LogP contribution is -2.44. The molecule has 0 N–H and O–H groups in total. The Morgan fingerprint density at radius 3 is 2.61 bits per heavy atom. The van der Waals surface area contributed by atoms with Crippen LogP contribution in [0.2, 0.25) is 0 Å². The van der Waals surface area contributed by atoms with Crippen molar-refractivity contribution in [1.82, 2.24) is 4.90 Å². The number of hydrogen-bond donors (Lipinski definition) is 0. The topological polar surface area (TPSA) is 21.7 Å². The minimum atomic E-state index is 0.404. The van der Waals surface area contributed by atoms with Crippen LogP contribution in [0.4, 0.5) is 0 Å². The van der Waals surface area contributed by atoms with Gasteiger partial charge in [0.05, 0.1) is 6.10 Å². The summed E-state index contributed by atoms with van der Waals surface area (Å²) >= 11 is 3.71. The third kappa shape index (κ3) is 4.19. The molecule has 0 aromatic rings. The quantitative estimate of drug-likeness (QED) is 0.727. The highest BCUT2D eigenvalue weighted by atomic mass is 79.9. The van der Waals surface area contributed by atoms with Gasteiger partial charge in [0, 0.05) is 38.2 Å². The number of halogens is 1. The Hall–Kier alpha value is 0.360. The van der Waals surface area contributed by atoms with Gasteiger partial charge in [-0.15, -0.1) is 0 Å². The smallest absolute Gasteiger partial charge is 0.0701 e. The van der Waals surface area contributed by atoms with Crippen molar-refractivity contribution in [3.8, 4) is 0 Å². The Balaban J connectivity index is 1.78. The first kappa shape index (κ1) is 14.8. The molecule has 2 heterocycles. The zero-order valence-corrected chi connectivity index (χ0v) is 13.1. The van der Waals surface area contributed by atoms with Gasteiger partial charge in [-0.25, -0.2) is 0 Å². The Labute approximate surface area is 119 Å². The molecule has 2 fully saturated rings. The Bertz CT molecular complexity index is 238. The Morgan fingerprint density at radius 2 is 2.00 bits per heavy atom. The molecule has 0 spiro atoms. The highest BCUT2D eigenvalue weighted by molar-refractivity contribution is 9.09. The summed E-state index contributed by atoms with van der Waals surface area (Å²) < 4.78 is 11.3. The number of rotatable bonds is 5. The molecular formula is C14H26BrNO2. The zero-order chi connectivity index (χ0) is 12.8. The van der Waals surface area contributed by atoms with E-state index >= 15 is 0 Å². The van der Waals surface area contributed by atoms with Gasteiger partial charge < -0.3 is 14.4 Å². The normalized spacial score (nSPS) is 28.5. The molecule has 106 valence electrons. The second-order valence-electron chi connectivity index (χ2n) is 5.93. The molecule has 2 aliphatic rings. The van der Waals surface area contributed by atoms with Crippen LogP contribution in [0.3, 0.4) is 0 Å². The first-order valence-corrected chi connectivity index (χ1v) is 8.30. The summed E-state index contributed by atoms with van der Waals surface area (Å²) in [5, 5.41) is 1.08. The van der Waals surface area contributed by atoms with Crippen molar-refractivity contribution in [2.75, 3.05) is 45.3 Å². The average molecular weight is 320 g/mol. The molecule has 0 radical (unpaired) electrons. The van der Waals surface area contributed by atoms with Crippen molar-refractivity contribution in [2.45, 2.75) is 38.2 Å². The lowest BCUT2D eigenvalue weighted by Gasteiger charge is -2.39. The second kappa shape index (κ2) is 7.22. The molecule has 2 rings (SSSR count). The molecule has 2 aliphatic heterocycles. The number of hydrogen-bond acceptors (Lipinski definition) is 3. The number of likely N-dealkylation sites (N-methyl/N-ethyl adjacent to an activating group) is 1. The second-order valence-corrected chi connectivity index (χ2v) is 6.49. The lowest BCUT2D eigenvalue weighted by atomic mass is 9.82. The van der Waals surface area contributed by atoms with E-state index < -0.39 is 0 Å². The van der Waals surface area contributed by atoms with Crippen LogP contribution >= 0.6 is 15.9 Å². The van der Waals surface area contributed by atoms with Crippen molar-refractivity contribution in [3.63, 3.8) is 0 Å². The van der Waals surface area contributed by atoms with Gasteiger partial charge in [0.15, 0.2) is 0 Å². The highest BCUT2D eigenvalue weighted by Gasteiger charge is 2.33. The van der Waals surface area contributed by atoms with Crippen molar-refractivity contribution >= 4 is 15.9 Å². The van der Waals surface area contributed by atoms with Crippen molar-refractivity contribution < 1.29 is 9.47 Å². The summed E-state index contributed by atoms with van der Waals surface area (Å²) in [5.41, 5.74) is 0.404. The maximum Gasteiger partial charge on any atom is 0.0701 e. The summed E-state index contributed by atoms with van der Waals surface area (Å²) in [4.78, 5) is 2.46. The van der Waals surface area contributed by atoms with E-state index in [9.17, 15) is 0 Å². The van der Waals surface area contributed by atoms with E-state index in [1.54, 1.807) is 0 Å². The fourth-order valence-electron chi connectivity index (χ4n) is 3.07. The fraction of sp³-hybridized carbons (Fsp3) is 1.00. The van der Waals surface area contributed by atoms with Gasteiger partial charge in [-0.3, -0.25) is 0 Å². The van der Waals surface area contributed by atoms with Gasteiger partial charge in [-0.1, -0.05) is 15.9 Å². The number of alkyl halides is 1. The standard InChI is InChI=1S/C14H26BrNO2/c1-16(10-13-4-2-3-7-18-13)12-14(11-15)5-8-17-9-6-14/h13H,2-12H2,1H3. The van der Waals surface area contributed by atoms with E-state index in [0.29, 0.717) is 11.5 Å². The molecule has 0 bridgehead atoms. The monoisotopic (exact) mass is 319 g/mol. The van der Waals surface area contributed by atoms with Crippen molar-refractivity contribution in [1.29, 1.82) is 0 Å². The van der Waals surface area contributed by atoms with Crippen molar-refractivity contribution in [2.24, 2.45) is 5.41 Å². The summed E-state index contributed by atoms with van der Waals surface area (Å²) in [5.74, 6) is 0. The Morgan fingerprint density at radius 1 is 1.22 bits per heavy atom.